The number of rotatable bonds is 4. The van der Waals surface area contributed by atoms with Crippen molar-refractivity contribution in [3.8, 4) is 0 Å². The van der Waals surface area contributed by atoms with Crippen LogP contribution in [0.15, 0.2) is 42.5 Å². The van der Waals surface area contributed by atoms with Crippen LogP contribution in [0.3, 0.4) is 0 Å². The first-order valence-electron chi connectivity index (χ1n) is 6.77. The Hall–Kier alpha value is -2.03. The Morgan fingerprint density at radius 2 is 1.85 bits per heavy atom. The van der Waals surface area contributed by atoms with Gasteiger partial charge in [0.2, 0.25) is 0 Å². The van der Waals surface area contributed by atoms with Crippen LogP contribution in [0, 0.1) is 12.7 Å². The second-order valence-corrected chi connectivity index (χ2v) is 5.31. The Morgan fingerprint density at radius 1 is 1.10 bits per heavy atom. The van der Waals surface area contributed by atoms with Gasteiger partial charge < -0.3 is 10.2 Å². The van der Waals surface area contributed by atoms with Crippen molar-refractivity contribution in [3.05, 3.63) is 59.4 Å². The van der Waals surface area contributed by atoms with E-state index in [-0.39, 0.29) is 11.9 Å². The Morgan fingerprint density at radius 3 is 2.45 bits per heavy atom. The van der Waals surface area contributed by atoms with Gasteiger partial charge in [0.05, 0.1) is 0 Å². The molecule has 106 valence electrons. The zero-order valence-electron chi connectivity index (χ0n) is 12.4. The Kier molecular flexibility index (Phi) is 4.28. The first kappa shape index (κ1) is 14.4. The number of hydrogen-bond donors (Lipinski definition) is 1. The van der Waals surface area contributed by atoms with Crippen molar-refractivity contribution in [2.45, 2.75) is 19.9 Å². The van der Waals surface area contributed by atoms with Crippen LogP contribution in [0.25, 0.3) is 0 Å². The molecule has 2 aromatic rings. The predicted molar refractivity (Wildman–Crippen MR) is 83.9 cm³/mol. The van der Waals surface area contributed by atoms with Crippen molar-refractivity contribution in [1.29, 1.82) is 0 Å². The van der Waals surface area contributed by atoms with Crippen molar-refractivity contribution < 1.29 is 4.39 Å². The van der Waals surface area contributed by atoms with Gasteiger partial charge in [0.25, 0.3) is 0 Å². The molecule has 0 aromatic heterocycles. The van der Waals surface area contributed by atoms with Gasteiger partial charge in [-0.3, -0.25) is 0 Å². The number of halogens is 1. The van der Waals surface area contributed by atoms with Gasteiger partial charge in [0.15, 0.2) is 0 Å². The van der Waals surface area contributed by atoms with E-state index in [9.17, 15) is 4.39 Å². The summed E-state index contributed by atoms with van der Waals surface area (Å²) in [5, 5.41) is 3.43. The van der Waals surface area contributed by atoms with Crippen LogP contribution >= 0.6 is 0 Å². The molecule has 2 rings (SSSR count). The molecular formula is C17H21FN2. The smallest absolute Gasteiger partial charge is 0.123 e. The third-order valence-electron chi connectivity index (χ3n) is 3.45. The van der Waals surface area contributed by atoms with Gasteiger partial charge >= 0.3 is 0 Å². The highest BCUT2D eigenvalue weighted by Crippen LogP contribution is 2.25. The van der Waals surface area contributed by atoms with Crippen molar-refractivity contribution in [2.75, 3.05) is 24.3 Å². The van der Waals surface area contributed by atoms with E-state index in [1.807, 2.05) is 27.1 Å². The summed E-state index contributed by atoms with van der Waals surface area (Å²) in [5.74, 6) is -0.198. The lowest BCUT2D eigenvalue weighted by molar-refractivity contribution is 0.623. The van der Waals surface area contributed by atoms with Crippen molar-refractivity contribution in [1.82, 2.24) is 0 Å². The molecule has 0 amide bonds. The minimum absolute atomic E-state index is 0.0645. The van der Waals surface area contributed by atoms with Gasteiger partial charge in [-0.1, -0.05) is 12.1 Å². The monoisotopic (exact) mass is 272 g/mol. The number of aryl methyl sites for hydroxylation is 1. The summed E-state index contributed by atoms with van der Waals surface area (Å²) in [6.45, 7) is 4.11. The minimum Gasteiger partial charge on any atom is -0.378 e. The molecule has 0 aliphatic carbocycles. The molecular weight excluding hydrogens is 251 g/mol. The lowest BCUT2D eigenvalue weighted by Gasteiger charge is -2.20. The molecule has 0 bridgehead atoms. The molecule has 20 heavy (non-hydrogen) atoms. The summed E-state index contributed by atoms with van der Waals surface area (Å²) in [5.41, 5.74) is 4.37. The SMILES string of the molecule is Cc1cc(N(C)C)ccc1NC(C)c1cccc(F)c1. The molecule has 0 saturated heterocycles. The van der Waals surface area contributed by atoms with Crippen molar-refractivity contribution in [2.24, 2.45) is 0 Å². The Labute approximate surface area is 120 Å². The topological polar surface area (TPSA) is 15.3 Å². The summed E-state index contributed by atoms with van der Waals surface area (Å²) in [4.78, 5) is 2.08. The molecule has 1 N–H and O–H groups in total. The van der Waals surface area contributed by atoms with Crippen LogP contribution in [0.4, 0.5) is 15.8 Å². The van der Waals surface area contributed by atoms with E-state index in [1.165, 1.54) is 17.3 Å². The highest BCUT2D eigenvalue weighted by atomic mass is 19.1. The van der Waals surface area contributed by atoms with Crippen LogP contribution in [0.2, 0.25) is 0 Å². The quantitative estimate of drug-likeness (QED) is 0.889. The molecule has 1 atom stereocenters. The van der Waals surface area contributed by atoms with E-state index >= 15 is 0 Å². The Bertz CT molecular complexity index is 593. The first-order valence-corrected chi connectivity index (χ1v) is 6.77. The van der Waals surface area contributed by atoms with Crippen LogP contribution in [-0.4, -0.2) is 14.1 Å². The number of hydrogen-bond acceptors (Lipinski definition) is 2. The fraction of sp³-hybridized carbons (Fsp3) is 0.294. The minimum atomic E-state index is -0.198. The van der Waals surface area contributed by atoms with E-state index in [1.54, 1.807) is 12.1 Å². The maximum absolute atomic E-state index is 13.3. The summed E-state index contributed by atoms with van der Waals surface area (Å²) in [6.07, 6.45) is 0. The standard InChI is InChI=1S/C17H21FN2/c1-12-10-16(20(3)4)8-9-17(12)19-13(2)14-6-5-7-15(18)11-14/h5-11,13,19H,1-4H3. The van der Waals surface area contributed by atoms with E-state index in [4.69, 9.17) is 0 Å². The van der Waals surface area contributed by atoms with E-state index in [0.717, 1.165) is 11.3 Å². The highest BCUT2D eigenvalue weighted by molar-refractivity contribution is 5.60. The molecule has 0 aliphatic heterocycles. The second-order valence-electron chi connectivity index (χ2n) is 5.31. The van der Waals surface area contributed by atoms with Crippen LogP contribution in [-0.2, 0) is 0 Å². The van der Waals surface area contributed by atoms with E-state index < -0.39 is 0 Å². The first-order chi connectivity index (χ1) is 9.47. The zero-order chi connectivity index (χ0) is 14.7. The molecule has 3 heteroatoms. The largest absolute Gasteiger partial charge is 0.378 e. The molecule has 2 nitrogen and oxygen atoms in total. The normalized spacial score (nSPS) is 12.1. The summed E-state index contributed by atoms with van der Waals surface area (Å²) in [7, 11) is 4.05. The van der Waals surface area contributed by atoms with Gasteiger partial charge in [-0.05, 0) is 55.3 Å². The fourth-order valence-corrected chi connectivity index (χ4v) is 2.18. The number of nitrogens with zero attached hydrogens (tertiary/aromatic N) is 1. The van der Waals surface area contributed by atoms with Gasteiger partial charge in [-0.25, -0.2) is 4.39 Å². The van der Waals surface area contributed by atoms with E-state index in [2.05, 4.69) is 35.3 Å². The lowest BCUT2D eigenvalue weighted by Crippen LogP contribution is -2.11. The van der Waals surface area contributed by atoms with E-state index in [0.29, 0.717) is 0 Å². The third-order valence-corrected chi connectivity index (χ3v) is 3.45. The fourth-order valence-electron chi connectivity index (χ4n) is 2.18. The maximum Gasteiger partial charge on any atom is 0.123 e. The molecule has 0 aliphatic rings. The zero-order valence-corrected chi connectivity index (χ0v) is 12.4. The molecule has 0 radical (unpaired) electrons. The van der Waals surface area contributed by atoms with Gasteiger partial charge in [0, 0.05) is 31.5 Å². The Balaban J connectivity index is 2.17. The molecule has 0 saturated carbocycles. The average molecular weight is 272 g/mol. The molecule has 0 heterocycles. The lowest BCUT2D eigenvalue weighted by atomic mass is 10.1. The van der Waals surface area contributed by atoms with Crippen LogP contribution in [0.5, 0.6) is 0 Å². The third kappa shape index (κ3) is 3.29. The van der Waals surface area contributed by atoms with Crippen LogP contribution < -0.4 is 10.2 Å². The van der Waals surface area contributed by atoms with Gasteiger partial charge in [-0.15, -0.1) is 0 Å². The predicted octanol–water partition coefficient (Wildman–Crippen LogP) is 4.37. The number of nitrogens with one attached hydrogen (secondary N) is 1. The molecule has 1 unspecified atom stereocenters. The van der Waals surface area contributed by atoms with Crippen LogP contribution in [0.1, 0.15) is 24.1 Å². The summed E-state index contributed by atoms with van der Waals surface area (Å²) < 4.78 is 13.3. The highest BCUT2D eigenvalue weighted by Gasteiger charge is 2.08. The molecule has 0 spiro atoms. The van der Waals surface area contributed by atoms with Gasteiger partial charge in [-0.2, -0.15) is 0 Å². The van der Waals surface area contributed by atoms with Crippen molar-refractivity contribution >= 4 is 11.4 Å². The number of anilines is 2. The number of benzene rings is 2. The average Bonchev–Trinajstić information content (AvgIpc) is 2.40. The molecule has 0 fully saturated rings. The maximum atomic E-state index is 13.3. The van der Waals surface area contributed by atoms with Gasteiger partial charge in [0.1, 0.15) is 5.82 Å². The van der Waals surface area contributed by atoms with Crippen molar-refractivity contribution in [3.63, 3.8) is 0 Å². The molecule has 2 aromatic carbocycles. The summed E-state index contributed by atoms with van der Waals surface area (Å²) >= 11 is 0. The second kappa shape index (κ2) is 5.95. The summed E-state index contributed by atoms with van der Waals surface area (Å²) in [6, 6.07) is 13.1.